The zero-order valence-corrected chi connectivity index (χ0v) is 19.6. The van der Waals surface area contributed by atoms with Gasteiger partial charge in [0.2, 0.25) is 0 Å². The number of carbonyl (C=O) groups is 2. The number of methoxy groups -OCH3 is 2. The van der Waals surface area contributed by atoms with Gasteiger partial charge in [-0.25, -0.2) is 14.3 Å². The Bertz CT molecular complexity index is 1280. The number of halogens is 4. The maximum atomic E-state index is 13.8. The molecule has 11 heteroatoms. The number of allylic oxidation sites excluding steroid dienone is 2. The molecule has 1 aliphatic carbocycles. The number of anilines is 1. The van der Waals surface area contributed by atoms with E-state index < -0.39 is 23.8 Å². The highest BCUT2D eigenvalue weighted by Crippen LogP contribution is 2.41. The molecular formula is C24H21ClF3N3O4. The molecule has 0 atom stereocenters. The molecular weight excluding hydrogens is 487 g/mol. The van der Waals surface area contributed by atoms with Crippen LogP contribution in [0.15, 0.2) is 53.9 Å². The van der Waals surface area contributed by atoms with Crippen LogP contribution in [0.3, 0.4) is 0 Å². The Morgan fingerprint density at radius 3 is 2.46 bits per heavy atom. The first-order valence-electron chi connectivity index (χ1n) is 10.7. The average molecular weight is 508 g/mol. The van der Waals surface area contributed by atoms with Gasteiger partial charge in [-0.2, -0.15) is 18.3 Å². The molecule has 0 spiro atoms. The molecule has 2 heterocycles. The van der Waals surface area contributed by atoms with E-state index in [0.29, 0.717) is 25.0 Å². The summed E-state index contributed by atoms with van der Waals surface area (Å²) in [7, 11) is 2.32. The third-order valence-electron chi connectivity index (χ3n) is 5.77. The van der Waals surface area contributed by atoms with Crippen LogP contribution in [0.25, 0.3) is 5.69 Å². The first-order valence-corrected chi connectivity index (χ1v) is 11.1. The minimum absolute atomic E-state index is 0.103. The predicted octanol–water partition coefficient (Wildman–Crippen LogP) is 4.91. The molecule has 0 bridgehead atoms. The van der Waals surface area contributed by atoms with Crippen LogP contribution in [0.2, 0.25) is 5.02 Å². The van der Waals surface area contributed by atoms with Crippen LogP contribution in [0.1, 0.15) is 29.8 Å². The topological polar surface area (TPSA) is 73.7 Å². The molecule has 0 amide bonds. The fourth-order valence-corrected chi connectivity index (χ4v) is 4.52. The van der Waals surface area contributed by atoms with Gasteiger partial charge in [-0.15, -0.1) is 0 Å². The van der Waals surface area contributed by atoms with E-state index in [-0.39, 0.29) is 39.7 Å². The summed E-state index contributed by atoms with van der Waals surface area (Å²) in [5.41, 5.74) is -0.332. The number of para-hydroxylation sites is 1. The zero-order chi connectivity index (χ0) is 25.3. The van der Waals surface area contributed by atoms with Crippen LogP contribution in [0.5, 0.6) is 0 Å². The summed E-state index contributed by atoms with van der Waals surface area (Å²) >= 11 is 6.55. The summed E-state index contributed by atoms with van der Waals surface area (Å²) in [5, 5.41) is 4.06. The summed E-state index contributed by atoms with van der Waals surface area (Å²) in [4.78, 5) is 26.7. The van der Waals surface area contributed by atoms with Crippen molar-refractivity contribution in [2.75, 3.05) is 19.1 Å². The standard InChI is InChI=1S/C24H21ClF3N3O4/c1-34-22(32)15-9-5-6-13-30(19(15)23(33)35-2)18-12-7-10-16(25)20(18)31-17-11-4-3-8-14(17)21(29-31)24(26,27)28/h5-7,9-10,12-13H,3-4,8,11H2,1-2H3. The molecule has 0 radical (unpaired) electrons. The van der Waals surface area contributed by atoms with Crippen molar-refractivity contribution in [1.82, 2.24) is 9.78 Å². The van der Waals surface area contributed by atoms with Gasteiger partial charge in [0, 0.05) is 17.5 Å². The lowest BCUT2D eigenvalue weighted by Gasteiger charge is -2.26. The Kier molecular flexibility index (Phi) is 6.75. The normalized spacial score (nSPS) is 15.7. The van der Waals surface area contributed by atoms with Crippen LogP contribution in [-0.4, -0.2) is 35.9 Å². The van der Waals surface area contributed by atoms with Crippen LogP contribution < -0.4 is 4.90 Å². The zero-order valence-electron chi connectivity index (χ0n) is 18.9. The monoisotopic (exact) mass is 507 g/mol. The lowest BCUT2D eigenvalue weighted by atomic mass is 9.95. The van der Waals surface area contributed by atoms with E-state index in [1.807, 2.05) is 0 Å². The summed E-state index contributed by atoms with van der Waals surface area (Å²) in [6.45, 7) is 0. The molecule has 2 aliphatic rings. The van der Waals surface area contributed by atoms with Gasteiger partial charge in [0.15, 0.2) is 5.69 Å². The van der Waals surface area contributed by atoms with Crippen molar-refractivity contribution < 1.29 is 32.2 Å². The quantitative estimate of drug-likeness (QED) is 0.547. The van der Waals surface area contributed by atoms with E-state index in [9.17, 15) is 22.8 Å². The van der Waals surface area contributed by atoms with Gasteiger partial charge >= 0.3 is 18.1 Å². The highest BCUT2D eigenvalue weighted by Gasteiger charge is 2.40. The molecule has 7 nitrogen and oxygen atoms in total. The minimum atomic E-state index is -4.64. The third kappa shape index (κ3) is 4.45. The van der Waals surface area contributed by atoms with Crippen molar-refractivity contribution >= 4 is 29.2 Å². The number of esters is 2. The lowest BCUT2D eigenvalue weighted by Crippen LogP contribution is -2.28. The van der Waals surface area contributed by atoms with Crippen LogP contribution in [-0.2, 0) is 38.1 Å². The van der Waals surface area contributed by atoms with Crippen LogP contribution in [0, 0.1) is 0 Å². The Morgan fingerprint density at radius 2 is 1.77 bits per heavy atom. The summed E-state index contributed by atoms with van der Waals surface area (Å²) in [6.07, 6.45) is 3.25. The van der Waals surface area contributed by atoms with Gasteiger partial charge in [-0.3, -0.25) is 0 Å². The molecule has 0 unspecified atom stereocenters. The first-order chi connectivity index (χ1) is 16.7. The average Bonchev–Trinajstić information content (AvgIpc) is 3.09. The van der Waals surface area contributed by atoms with Crippen LogP contribution >= 0.6 is 11.6 Å². The van der Waals surface area contributed by atoms with Gasteiger partial charge < -0.3 is 14.4 Å². The molecule has 1 aliphatic heterocycles. The second-order valence-corrected chi connectivity index (χ2v) is 8.22. The molecule has 184 valence electrons. The van der Waals surface area contributed by atoms with Gasteiger partial charge in [0.05, 0.1) is 30.5 Å². The molecule has 0 fully saturated rings. The molecule has 0 N–H and O–H groups in total. The maximum Gasteiger partial charge on any atom is 0.435 e. The molecule has 0 saturated carbocycles. The van der Waals surface area contributed by atoms with E-state index in [4.69, 9.17) is 21.1 Å². The van der Waals surface area contributed by atoms with E-state index >= 15 is 0 Å². The number of rotatable bonds is 4. The lowest BCUT2D eigenvalue weighted by molar-refractivity contribution is -0.142. The summed E-state index contributed by atoms with van der Waals surface area (Å²) in [5.74, 6) is -1.65. The van der Waals surface area contributed by atoms with Gasteiger partial charge in [0.1, 0.15) is 11.4 Å². The van der Waals surface area contributed by atoms with Crippen molar-refractivity contribution in [3.05, 3.63) is 75.9 Å². The third-order valence-corrected chi connectivity index (χ3v) is 6.08. The Balaban J connectivity index is 2.01. The first kappa shape index (κ1) is 24.6. The number of carbonyl (C=O) groups excluding carboxylic acids is 2. The number of hydrogen-bond donors (Lipinski definition) is 0. The van der Waals surface area contributed by atoms with Gasteiger partial charge in [-0.1, -0.05) is 23.7 Å². The molecule has 4 rings (SSSR count). The van der Waals surface area contributed by atoms with E-state index in [1.165, 1.54) is 41.1 Å². The van der Waals surface area contributed by atoms with Crippen molar-refractivity contribution in [3.8, 4) is 5.69 Å². The van der Waals surface area contributed by atoms with Crippen molar-refractivity contribution in [2.24, 2.45) is 0 Å². The SMILES string of the molecule is COC(=O)C1=C(C(=O)OC)N(c2cccc(Cl)c2-n2nc(C(F)(F)F)c3c2CCCC3)C=CC=C1. The molecule has 35 heavy (non-hydrogen) atoms. The summed E-state index contributed by atoms with van der Waals surface area (Å²) < 4.78 is 52.5. The van der Waals surface area contributed by atoms with Crippen molar-refractivity contribution in [2.45, 2.75) is 31.9 Å². The number of nitrogens with zero attached hydrogens (tertiary/aromatic N) is 3. The molecule has 0 saturated heterocycles. The fourth-order valence-electron chi connectivity index (χ4n) is 4.27. The highest BCUT2D eigenvalue weighted by molar-refractivity contribution is 6.33. The predicted molar refractivity (Wildman–Crippen MR) is 122 cm³/mol. The molecule has 1 aromatic heterocycles. The summed E-state index contributed by atoms with van der Waals surface area (Å²) in [6, 6.07) is 4.67. The van der Waals surface area contributed by atoms with E-state index in [2.05, 4.69) is 5.10 Å². The number of alkyl halides is 3. The van der Waals surface area contributed by atoms with Gasteiger partial charge in [-0.05, 0) is 50.0 Å². The van der Waals surface area contributed by atoms with E-state index in [1.54, 1.807) is 18.2 Å². The fraction of sp³-hybridized carbons (Fsp3) is 0.292. The van der Waals surface area contributed by atoms with Crippen molar-refractivity contribution in [1.29, 1.82) is 0 Å². The number of aromatic nitrogens is 2. The second-order valence-electron chi connectivity index (χ2n) is 7.81. The van der Waals surface area contributed by atoms with Gasteiger partial charge in [0.25, 0.3) is 0 Å². The minimum Gasteiger partial charge on any atom is -0.465 e. The van der Waals surface area contributed by atoms with Crippen LogP contribution in [0.4, 0.5) is 18.9 Å². The maximum absolute atomic E-state index is 13.8. The number of benzene rings is 1. The number of ether oxygens (including phenoxy) is 2. The highest BCUT2D eigenvalue weighted by atomic mass is 35.5. The Labute approximate surface area is 204 Å². The Hall–Kier alpha value is -3.53. The second kappa shape index (κ2) is 9.61. The molecule has 2 aromatic rings. The molecule has 1 aromatic carbocycles. The number of fused-ring (bicyclic) bond motifs is 1. The van der Waals surface area contributed by atoms with Crippen molar-refractivity contribution in [3.63, 3.8) is 0 Å². The largest absolute Gasteiger partial charge is 0.465 e. The van der Waals surface area contributed by atoms with E-state index in [0.717, 1.165) is 7.11 Å². The Morgan fingerprint density at radius 1 is 1.06 bits per heavy atom. The smallest absolute Gasteiger partial charge is 0.435 e. The number of hydrogen-bond acceptors (Lipinski definition) is 6.